The van der Waals surface area contributed by atoms with Crippen LogP contribution in [0.25, 0.3) is 0 Å². The SMILES string of the molecule is CCc1nnc(CN2CCC[C@@]3(CCC(=O)N(Cc4ccccc4)C3)C2)o1. The van der Waals surface area contributed by atoms with Crippen molar-refractivity contribution < 1.29 is 9.21 Å². The Balaban J connectivity index is 1.42. The highest BCUT2D eigenvalue weighted by Crippen LogP contribution is 2.39. The van der Waals surface area contributed by atoms with Crippen LogP contribution in [0.15, 0.2) is 34.7 Å². The van der Waals surface area contributed by atoms with Gasteiger partial charge in [0.1, 0.15) is 0 Å². The summed E-state index contributed by atoms with van der Waals surface area (Å²) in [6.07, 6.45) is 4.75. The summed E-state index contributed by atoms with van der Waals surface area (Å²) < 4.78 is 5.70. The van der Waals surface area contributed by atoms with E-state index in [1.807, 2.05) is 25.1 Å². The quantitative estimate of drug-likeness (QED) is 0.812. The molecule has 0 N–H and O–H groups in total. The van der Waals surface area contributed by atoms with Crippen molar-refractivity contribution in [3.63, 3.8) is 0 Å². The van der Waals surface area contributed by atoms with E-state index < -0.39 is 0 Å². The van der Waals surface area contributed by atoms with Crippen LogP contribution in [-0.4, -0.2) is 45.5 Å². The van der Waals surface area contributed by atoms with Gasteiger partial charge in [0.15, 0.2) is 0 Å². The molecular formula is C21H28N4O2. The highest BCUT2D eigenvalue weighted by Gasteiger charge is 2.41. The number of rotatable bonds is 5. The summed E-state index contributed by atoms with van der Waals surface area (Å²) in [6.45, 7) is 6.34. The van der Waals surface area contributed by atoms with Crippen molar-refractivity contribution in [2.45, 2.75) is 52.1 Å². The zero-order valence-electron chi connectivity index (χ0n) is 16.1. The second kappa shape index (κ2) is 7.80. The Labute approximate surface area is 160 Å². The molecule has 0 saturated carbocycles. The Kier molecular flexibility index (Phi) is 5.25. The van der Waals surface area contributed by atoms with E-state index in [1.54, 1.807) is 0 Å². The van der Waals surface area contributed by atoms with Gasteiger partial charge in [-0.15, -0.1) is 10.2 Å². The molecule has 0 bridgehead atoms. The molecule has 6 heteroatoms. The van der Waals surface area contributed by atoms with Gasteiger partial charge in [-0.25, -0.2) is 0 Å². The fourth-order valence-corrected chi connectivity index (χ4v) is 4.51. The van der Waals surface area contributed by atoms with E-state index in [0.717, 1.165) is 38.9 Å². The molecule has 6 nitrogen and oxygen atoms in total. The zero-order chi connectivity index (χ0) is 18.7. The number of carbonyl (C=O) groups excluding carboxylic acids is 1. The molecule has 0 radical (unpaired) electrons. The molecule has 144 valence electrons. The van der Waals surface area contributed by atoms with Gasteiger partial charge < -0.3 is 9.32 Å². The molecule has 2 fully saturated rings. The first-order chi connectivity index (χ1) is 13.2. The van der Waals surface area contributed by atoms with Gasteiger partial charge in [-0.2, -0.15) is 0 Å². The number of carbonyl (C=O) groups is 1. The number of piperidine rings is 2. The number of nitrogens with zero attached hydrogens (tertiary/aromatic N) is 4. The predicted octanol–water partition coefficient (Wildman–Crippen LogP) is 3.04. The topological polar surface area (TPSA) is 62.5 Å². The third kappa shape index (κ3) is 4.21. The first-order valence-corrected chi connectivity index (χ1v) is 10.0. The van der Waals surface area contributed by atoms with E-state index in [1.165, 1.54) is 12.0 Å². The molecule has 3 heterocycles. The zero-order valence-corrected chi connectivity index (χ0v) is 16.1. The first kappa shape index (κ1) is 18.2. The van der Waals surface area contributed by atoms with Crippen LogP contribution in [0.3, 0.4) is 0 Å². The van der Waals surface area contributed by atoms with Crippen molar-refractivity contribution in [3.8, 4) is 0 Å². The largest absolute Gasteiger partial charge is 0.424 e. The van der Waals surface area contributed by atoms with E-state index in [0.29, 0.717) is 31.3 Å². The summed E-state index contributed by atoms with van der Waals surface area (Å²) >= 11 is 0. The summed E-state index contributed by atoms with van der Waals surface area (Å²) in [6, 6.07) is 10.3. The lowest BCUT2D eigenvalue weighted by atomic mass is 9.73. The number of amides is 1. The van der Waals surface area contributed by atoms with E-state index in [9.17, 15) is 4.79 Å². The lowest BCUT2D eigenvalue weighted by Crippen LogP contribution is -2.53. The van der Waals surface area contributed by atoms with Crippen LogP contribution >= 0.6 is 0 Å². The summed E-state index contributed by atoms with van der Waals surface area (Å²) in [5.74, 6) is 1.69. The van der Waals surface area contributed by atoms with Gasteiger partial charge in [-0.3, -0.25) is 9.69 Å². The molecular weight excluding hydrogens is 340 g/mol. The average Bonchev–Trinajstić information content (AvgIpc) is 3.14. The lowest BCUT2D eigenvalue weighted by Gasteiger charge is -2.48. The van der Waals surface area contributed by atoms with Crippen molar-refractivity contribution in [2.75, 3.05) is 19.6 Å². The molecule has 1 atom stereocenters. The van der Waals surface area contributed by atoms with E-state index in [4.69, 9.17) is 4.42 Å². The standard InChI is InChI=1S/C21H28N4O2/c1-2-18-22-23-19(27-18)14-24-12-6-10-21(15-24)11-9-20(26)25(16-21)13-17-7-4-3-5-8-17/h3-5,7-8H,2,6,9-16H2,1H3/t21-/m1/s1. The Bertz CT molecular complexity index is 775. The van der Waals surface area contributed by atoms with Crippen LogP contribution in [0, 0.1) is 5.41 Å². The second-order valence-corrected chi connectivity index (χ2v) is 7.99. The Morgan fingerprint density at radius 3 is 2.67 bits per heavy atom. The summed E-state index contributed by atoms with van der Waals surface area (Å²) in [5, 5.41) is 8.25. The van der Waals surface area contributed by atoms with Gasteiger partial charge in [-0.1, -0.05) is 37.3 Å². The normalized spacial score (nSPS) is 23.9. The number of aromatic nitrogens is 2. The van der Waals surface area contributed by atoms with Gasteiger partial charge in [0.05, 0.1) is 6.54 Å². The minimum Gasteiger partial charge on any atom is -0.424 e. The molecule has 1 aromatic carbocycles. The van der Waals surface area contributed by atoms with Crippen molar-refractivity contribution in [1.82, 2.24) is 20.0 Å². The van der Waals surface area contributed by atoms with Crippen LogP contribution in [0.4, 0.5) is 0 Å². The van der Waals surface area contributed by atoms with Gasteiger partial charge >= 0.3 is 0 Å². The summed E-state index contributed by atoms with van der Waals surface area (Å²) in [4.78, 5) is 17.0. The molecule has 2 aliphatic rings. The summed E-state index contributed by atoms with van der Waals surface area (Å²) in [5.41, 5.74) is 1.39. The molecule has 0 aliphatic carbocycles. The Hall–Kier alpha value is -2.21. The second-order valence-electron chi connectivity index (χ2n) is 7.99. The van der Waals surface area contributed by atoms with Gasteiger partial charge in [0.2, 0.25) is 17.7 Å². The molecule has 27 heavy (non-hydrogen) atoms. The molecule has 2 aromatic rings. The number of benzene rings is 1. The van der Waals surface area contributed by atoms with Crippen molar-refractivity contribution in [2.24, 2.45) is 5.41 Å². The molecule has 1 aromatic heterocycles. The number of hydrogen-bond acceptors (Lipinski definition) is 5. The molecule has 1 amide bonds. The Morgan fingerprint density at radius 2 is 1.89 bits per heavy atom. The maximum atomic E-state index is 12.5. The van der Waals surface area contributed by atoms with Gasteiger partial charge in [-0.05, 0) is 31.4 Å². The summed E-state index contributed by atoms with van der Waals surface area (Å²) in [7, 11) is 0. The smallest absolute Gasteiger partial charge is 0.230 e. The minimum atomic E-state index is 0.189. The van der Waals surface area contributed by atoms with Crippen LogP contribution in [-0.2, 0) is 24.3 Å². The van der Waals surface area contributed by atoms with E-state index >= 15 is 0 Å². The lowest BCUT2D eigenvalue weighted by molar-refractivity contribution is -0.140. The predicted molar refractivity (Wildman–Crippen MR) is 102 cm³/mol. The van der Waals surface area contributed by atoms with Crippen molar-refractivity contribution >= 4 is 5.91 Å². The van der Waals surface area contributed by atoms with Crippen LogP contribution < -0.4 is 0 Å². The van der Waals surface area contributed by atoms with Crippen LogP contribution in [0.2, 0.25) is 0 Å². The third-order valence-corrected chi connectivity index (χ3v) is 5.87. The van der Waals surface area contributed by atoms with Crippen molar-refractivity contribution in [3.05, 3.63) is 47.7 Å². The van der Waals surface area contributed by atoms with Gasteiger partial charge in [0.25, 0.3) is 0 Å². The Morgan fingerprint density at radius 1 is 1.07 bits per heavy atom. The molecule has 2 saturated heterocycles. The molecule has 2 aliphatic heterocycles. The van der Waals surface area contributed by atoms with Crippen LogP contribution in [0.1, 0.15) is 50.0 Å². The fraction of sp³-hybridized carbons (Fsp3) is 0.571. The maximum absolute atomic E-state index is 12.5. The fourth-order valence-electron chi connectivity index (χ4n) is 4.51. The first-order valence-electron chi connectivity index (χ1n) is 10.0. The monoisotopic (exact) mass is 368 g/mol. The molecule has 4 rings (SSSR count). The van der Waals surface area contributed by atoms with E-state index in [2.05, 4.69) is 32.1 Å². The minimum absolute atomic E-state index is 0.189. The van der Waals surface area contributed by atoms with Crippen LogP contribution in [0.5, 0.6) is 0 Å². The van der Waals surface area contributed by atoms with Gasteiger partial charge in [0, 0.05) is 37.9 Å². The average molecular weight is 368 g/mol. The highest BCUT2D eigenvalue weighted by atomic mass is 16.4. The molecule has 0 unspecified atom stereocenters. The molecule has 1 spiro atoms. The van der Waals surface area contributed by atoms with E-state index in [-0.39, 0.29) is 11.3 Å². The van der Waals surface area contributed by atoms with Crippen molar-refractivity contribution in [1.29, 1.82) is 0 Å². The maximum Gasteiger partial charge on any atom is 0.230 e. The highest BCUT2D eigenvalue weighted by molar-refractivity contribution is 5.77. The third-order valence-electron chi connectivity index (χ3n) is 5.87. The number of aryl methyl sites for hydroxylation is 1. The number of hydrogen-bond donors (Lipinski definition) is 0. The number of likely N-dealkylation sites (tertiary alicyclic amines) is 2.